The number of para-hydroxylation sites is 1. The number of carbonyl (C=O) groups is 2. The average Bonchev–Trinajstić information content (AvgIpc) is 3.04. The zero-order valence-electron chi connectivity index (χ0n) is 15.5. The first-order valence-corrected chi connectivity index (χ1v) is 9.43. The molecule has 2 amide bonds. The van der Waals surface area contributed by atoms with Gasteiger partial charge in [0.15, 0.2) is 0 Å². The van der Waals surface area contributed by atoms with Crippen LogP contribution < -0.4 is 10.6 Å². The standard InChI is InChI=1S/C21H21N3O2S/c1-13-10-14(2)21(15(3)11-13)24-19(26)12-22-18(25)8-9-20-23-16-6-4-5-7-17(16)27-20/h4-11H,12H2,1-3H3,(H,22,25)(H,24,26)/b9-8+. The Morgan fingerprint density at radius 2 is 1.81 bits per heavy atom. The van der Waals surface area contributed by atoms with E-state index in [0.717, 1.165) is 37.6 Å². The first-order chi connectivity index (χ1) is 12.9. The topological polar surface area (TPSA) is 71.1 Å². The molecule has 2 aromatic carbocycles. The van der Waals surface area contributed by atoms with Crippen LogP contribution in [0.1, 0.15) is 21.7 Å². The van der Waals surface area contributed by atoms with Crippen molar-refractivity contribution in [1.29, 1.82) is 0 Å². The van der Waals surface area contributed by atoms with Gasteiger partial charge in [0.1, 0.15) is 5.01 Å². The number of carbonyl (C=O) groups excluding carboxylic acids is 2. The summed E-state index contributed by atoms with van der Waals surface area (Å²) >= 11 is 1.51. The summed E-state index contributed by atoms with van der Waals surface area (Å²) in [5.41, 5.74) is 4.86. The lowest BCUT2D eigenvalue weighted by atomic mass is 10.1. The maximum absolute atomic E-state index is 12.1. The van der Waals surface area contributed by atoms with E-state index in [1.807, 2.05) is 57.2 Å². The van der Waals surface area contributed by atoms with Crippen molar-refractivity contribution in [1.82, 2.24) is 10.3 Å². The summed E-state index contributed by atoms with van der Waals surface area (Å²) in [6.07, 6.45) is 3.06. The van der Waals surface area contributed by atoms with Gasteiger partial charge in [0.2, 0.25) is 11.8 Å². The van der Waals surface area contributed by atoms with Crippen LogP contribution in [0.15, 0.2) is 42.5 Å². The highest BCUT2D eigenvalue weighted by Crippen LogP contribution is 2.23. The molecule has 0 unspecified atom stereocenters. The lowest BCUT2D eigenvalue weighted by molar-refractivity contribution is -0.121. The predicted molar refractivity (Wildman–Crippen MR) is 111 cm³/mol. The molecule has 0 aliphatic heterocycles. The van der Waals surface area contributed by atoms with Crippen LogP contribution in [0.5, 0.6) is 0 Å². The molecule has 6 heteroatoms. The second-order valence-electron chi connectivity index (χ2n) is 6.39. The fourth-order valence-electron chi connectivity index (χ4n) is 2.90. The van der Waals surface area contributed by atoms with Crippen LogP contribution in [0, 0.1) is 20.8 Å². The number of hydrogen-bond donors (Lipinski definition) is 2. The van der Waals surface area contributed by atoms with Gasteiger partial charge in [-0.3, -0.25) is 9.59 Å². The molecule has 0 fully saturated rings. The SMILES string of the molecule is Cc1cc(C)c(NC(=O)CNC(=O)/C=C/c2nc3ccccc3s2)c(C)c1. The summed E-state index contributed by atoms with van der Waals surface area (Å²) in [6.45, 7) is 5.84. The lowest BCUT2D eigenvalue weighted by Crippen LogP contribution is -2.32. The van der Waals surface area contributed by atoms with Crippen LogP contribution in [-0.4, -0.2) is 23.3 Å². The Labute approximate surface area is 162 Å². The highest BCUT2D eigenvalue weighted by molar-refractivity contribution is 7.19. The number of nitrogens with one attached hydrogen (secondary N) is 2. The van der Waals surface area contributed by atoms with Gasteiger partial charge in [-0.25, -0.2) is 4.98 Å². The van der Waals surface area contributed by atoms with Crippen LogP contribution >= 0.6 is 11.3 Å². The molecule has 1 heterocycles. The number of benzene rings is 2. The molecular weight excluding hydrogens is 358 g/mol. The Balaban J connectivity index is 1.55. The molecule has 138 valence electrons. The fourth-order valence-corrected chi connectivity index (χ4v) is 3.77. The minimum absolute atomic E-state index is 0.0875. The van der Waals surface area contributed by atoms with Gasteiger partial charge in [-0.2, -0.15) is 0 Å². The normalized spacial score (nSPS) is 11.1. The molecule has 3 aromatic rings. The van der Waals surface area contributed by atoms with Crippen molar-refractivity contribution in [3.63, 3.8) is 0 Å². The molecule has 0 saturated heterocycles. The molecule has 0 aliphatic rings. The van der Waals surface area contributed by atoms with E-state index in [4.69, 9.17) is 0 Å². The monoisotopic (exact) mass is 379 g/mol. The number of nitrogens with zero attached hydrogens (tertiary/aromatic N) is 1. The number of rotatable bonds is 5. The number of hydrogen-bond acceptors (Lipinski definition) is 4. The number of aromatic nitrogens is 1. The van der Waals surface area contributed by atoms with E-state index in [0.29, 0.717) is 0 Å². The predicted octanol–water partition coefficient (Wildman–Crippen LogP) is 3.99. The molecule has 0 atom stereocenters. The number of thiazole rings is 1. The molecule has 2 N–H and O–H groups in total. The van der Waals surface area contributed by atoms with Gasteiger partial charge in [0.05, 0.1) is 16.8 Å². The molecule has 0 aliphatic carbocycles. The fraction of sp³-hybridized carbons (Fsp3) is 0.190. The molecule has 0 saturated carbocycles. The van der Waals surface area contributed by atoms with Crippen LogP contribution in [0.2, 0.25) is 0 Å². The zero-order valence-corrected chi connectivity index (χ0v) is 16.3. The average molecular weight is 379 g/mol. The van der Waals surface area contributed by atoms with Crippen molar-refractivity contribution in [3.05, 3.63) is 64.2 Å². The van der Waals surface area contributed by atoms with Crippen LogP contribution in [0.25, 0.3) is 16.3 Å². The maximum atomic E-state index is 12.1. The van der Waals surface area contributed by atoms with E-state index >= 15 is 0 Å². The third-order valence-corrected chi connectivity index (χ3v) is 5.05. The molecule has 0 spiro atoms. The zero-order chi connectivity index (χ0) is 19.4. The summed E-state index contributed by atoms with van der Waals surface area (Å²) in [5, 5.41) is 6.21. The maximum Gasteiger partial charge on any atom is 0.244 e. The van der Waals surface area contributed by atoms with Gasteiger partial charge in [-0.05, 0) is 50.1 Å². The Kier molecular flexibility index (Phi) is 5.66. The second kappa shape index (κ2) is 8.14. The molecule has 1 aromatic heterocycles. The van der Waals surface area contributed by atoms with Gasteiger partial charge >= 0.3 is 0 Å². The lowest BCUT2D eigenvalue weighted by Gasteiger charge is -2.12. The Morgan fingerprint density at radius 1 is 1.11 bits per heavy atom. The highest BCUT2D eigenvalue weighted by Gasteiger charge is 2.09. The van der Waals surface area contributed by atoms with Crippen LogP contribution in [-0.2, 0) is 9.59 Å². The quantitative estimate of drug-likeness (QED) is 0.659. The van der Waals surface area contributed by atoms with Gasteiger partial charge in [0.25, 0.3) is 0 Å². The van der Waals surface area contributed by atoms with Crippen molar-refractivity contribution in [3.8, 4) is 0 Å². The van der Waals surface area contributed by atoms with Crippen LogP contribution in [0.4, 0.5) is 5.69 Å². The second-order valence-corrected chi connectivity index (χ2v) is 7.46. The van der Waals surface area contributed by atoms with Crippen molar-refractivity contribution in [2.45, 2.75) is 20.8 Å². The summed E-state index contributed by atoms with van der Waals surface area (Å²) in [5.74, 6) is -0.589. The Hall–Kier alpha value is -2.99. The molecule has 3 rings (SSSR count). The highest BCUT2D eigenvalue weighted by atomic mass is 32.1. The van der Waals surface area contributed by atoms with E-state index in [9.17, 15) is 9.59 Å². The number of fused-ring (bicyclic) bond motifs is 1. The van der Waals surface area contributed by atoms with Gasteiger partial charge in [0, 0.05) is 11.8 Å². The summed E-state index contributed by atoms with van der Waals surface area (Å²) in [6, 6.07) is 11.8. The number of anilines is 1. The molecule has 0 bridgehead atoms. The van der Waals surface area contributed by atoms with E-state index < -0.39 is 0 Å². The minimum Gasteiger partial charge on any atom is -0.343 e. The minimum atomic E-state index is -0.332. The van der Waals surface area contributed by atoms with Gasteiger partial charge in [-0.1, -0.05) is 29.8 Å². The molecule has 27 heavy (non-hydrogen) atoms. The smallest absolute Gasteiger partial charge is 0.244 e. The largest absolute Gasteiger partial charge is 0.343 e. The number of amides is 2. The Morgan fingerprint density at radius 3 is 2.52 bits per heavy atom. The summed E-state index contributed by atoms with van der Waals surface area (Å²) in [7, 11) is 0. The van der Waals surface area contributed by atoms with E-state index in [1.54, 1.807) is 6.08 Å². The Bertz CT molecular complexity index is 981. The van der Waals surface area contributed by atoms with Gasteiger partial charge < -0.3 is 10.6 Å². The summed E-state index contributed by atoms with van der Waals surface area (Å²) in [4.78, 5) is 28.5. The van der Waals surface area contributed by atoms with Crippen molar-refractivity contribution in [2.75, 3.05) is 11.9 Å². The van der Waals surface area contributed by atoms with E-state index in [2.05, 4.69) is 15.6 Å². The van der Waals surface area contributed by atoms with Gasteiger partial charge in [-0.15, -0.1) is 11.3 Å². The first kappa shape index (κ1) is 18.8. The molecular formula is C21H21N3O2S. The third kappa shape index (κ3) is 4.80. The van der Waals surface area contributed by atoms with Crippen molar-refractivity contribution >= 4 is 45.1 Å². The van der Waals surface area contributed by atoms with Crippen molar-refractivity contribution in [2.24, 2.45) is 0 Å². The van der Waals surface area contributed by atoms with E-state index in [-0.39, 0.29) is 18.4 Å². The summed E-state index contributed by atoms with van der Waals surface area (Å²) < 4.78 is 1.07. The molecule has 5 nitrogen and oxygen atoms in total. The van der Waals surface area contributed by atoms with E-state index in [1.165, 1.54) is 17.4 Å². The first-order valence-electron chi connectivity index (χ1n) is 8.61. The van der Waals surface area contributed by atoms with Crippen LogP contribution in [0.3, 0.4) is 0 Å². The third-order valence-electron chi connectivity index (χ3n) is 4.05. The number of aryl methyl sites for hydroxylation is 3. The van der Waals surface area contributed by atoms with Crippen molar-refractivity contribution < 1.29 is 9.59 Å². The molecule has 0 radical (unpaired) electrons.